The number of hydrogen-bond acceptors (Lipinski definition) is 1. The lowest BCUT2D eigenvalue weighted by molar-refractivity contribution is -0.108. The van der Waals surface area contributed by atoms with Crippen LogP contribution in [0.2, 0.25) is 0 Å². The Balaban J connectivity index is 2.49. The Bertz CT molecular complexity index is 626. The van der Waals surface area contributed by atoms with E-state index in [2.05, 4.69) is 15.9 Å². The first-order chi connectivity index (χ1) is 9.02. The van der Waals surface area contributed by atoms with Gasteiger partial charge in [-0.05, 0) is 23.8 Å². The smallest absolute Gasteiger partial charge is 0.132 e. The van der Waals surface area contributed by atoms with Crippen LogP contribution in [0.15, 0.2) is 40.9 Å². The Hall–Kier alpha value is -1.55. The van der Waals surface area contributed by atoms with Gasteiger partial charge >= 0.3 is 0 Å². The molecule has 2 aromatic carbocycles. The van der Waals surface area contributed by atoms with Gasteiger partial charge in [-0.25, -0.2) is 8.78 Å². The lowest BCUT2D eigenvalue weighted by Gasteiger charge is -2.09. The number of halogens is 3. The number of hydrogen-bond donors (Lipinski definition) is 0. The van der Waals surface area contributed by atoms with Gasteiger partial charge < -0.3 is 4.79 Å². The number of aldehydes is 1. The van der Waals surface area contributed by atoms with Crippen molar-refractivity contribution in [3.8, 4) is 11.1 Å². The first-order valence-electron chi connectivity index (χ1n) is 5.73. The molecule has 0 saturated heterocycles. The highest BCUT2D eigenvalue weighted by molar-refractivity contribution is 9.10. The lowest BCUT2D eigenvalue weighted by atomic mass is 9.97. The van der Waals surface area contributed by atoms with Crippen LogP contribution >= 0.6 is 15.9 Å². The zero-order valence-corrected chi connectivity index (χ0v) is 11.7. The van der Waals surface area contributed by atoms with Crippen LogP contribution in [0.5, 0.6) is 0 Å². The van der Waals surface area contributed by atoms with E-state index in [1.165, 1.54) is 24.3 Å². The molecular weight excluding hydrogens is 314 g/mol. The maximum Gasteiger partial charge on any atom is 0.132 e. The van der Waals surface area contributed by atoms with Crippen LogP contribution in [0.4, 0.5) is 8.78 Å². The molecule has 0 saturated carbocycles. The first-order valence-corrected chi connectivity index (χ1v) is 6.52. The van der Waals surface area contributed by atoms with Crippen molar-refractivity contribution in [1.29, 1.82) is 0 Å². The number of rotatable bonds is 3. The molecule has 2 aromatic rings. The van der Waals surface area contributed by atoms with Gasteiger partial charge in [-0.1, -0.05) is 41.1 Å². The molecule has 1 unspecified atom stereocenters. The minimum absolute atomic E-state index is 0.187. The minimum atomic E-state index is -0.535. The van der Waals surface area contributed by atoms with E-state index in [-0.39, 0.29) is 17.0 Å². The number of benzene rings is 2. The maximum absolute atomic E-state index is 14.0. The summed E-state index contributed by atoms with van der Waals surface area (Å²) in [5, 5.41) is 0. The molecule has 0 aliphatic carbocycles. The van der Waals surface area contributed by atoms with Crippen molar-refractivity contribution in [1.82, 2.24) is 0 Å². The van der Waals surface area contributed by atoms with Crippen molar-refractivity contribution in [3.63, 3.8) is 0 Å². The molecule has 0 aliphatic heterocycles. The molecular formula is C15H11BrF2O. The first kappa shape index (κ1) is 13.9. The molecule has 0 spiro atoms. The van der Waals surface area contributed by atoms with Crippen molar-refractivity contribution in [2.75, 3.05) is 0 Å². The van der Waals surface area contributed by atoms with Crippen molar-refractivity contribution in [2.24, 2.45) is 0 Å². The predicted molar refractivity (Wildman–Crippen MR) is 74.0 cm³/mol. The van der Waals surface area contributed by atoms with Gasteiger partial charge in [0.05, 0.1) is 0 Å². The Morgan fingerprint density at radius 1 is 1.05 bits per heavy atom. The van der Waals surface area contributed by atoms with Gasteiger partial charge in [-0.15, -0.1) is 0 Å². The summed E-state index contributed by atoms with van der Waals surface area (Å²) in [5.41, 5.74) is 0.964. The predicted octanol–water partition coefficient (Wildman–Crippen LogP) is 4.70. The summed E-state index contributed by atoms with van der Waals surface area (Å²) in [6.45, 7) is 1.68. The Morgan fingerprint density at radius 2 is 1.63 bits per heavy atom. The standard InChI is InChI=1S/C15H11BrF2O/c1-9(8-19)10-2-4-12(14(17)6-10)13-5-3-11(16)7-15(13)18/h2-9H,1H3. The van der Waals surface area contributed by atoms with Gasteiger partial charge in [0.1, 0.15) is 17.9 Å². The largest absolute Gasteiger partial charge is 0.303 e. The second kappa shape index (κ2) is 5.61. The SMILES string of the molecule is CC(C=O)c1ccc(-c2ccc(Br)cc2F)c(F)c1. The van der Waals surface area contributed by atoms with Gasteiger partial charge in [-0.3, -0.25) is 0 Å². The van der Waals surface area contributed by atoms with E-state index in [1.54, 1.807) is 19.1 Å². The molecule has 4 heteroatoms. The third kappa shape index (κ3) is 2.89. The topological polar surface area (TPSA) is 17.1 Å². The fourth-order valence-electron chi connectivity index (χ4n) is 1.82. The van der Waals surface area contributed by atoms with Gasteiger partial charge in [0.2, 0.25) is 0 Å². The molecule has 0 radical (unpaired) electrons. The van der Waals surface area contributed by atoms with Gasteiger partial charge in [0.15, 0.2) is 0 Å². The molecule has 0 N–H and O–H groups in total. The average molecular weight is 325 g/mol. The van der Waals surface area contributed by atoms with Crippen LogP contribution in [-0.4, -0.2) is 6.29 Å². The van der Waals surface area contributed by atoms with Crippen molar-refractivity contribution in [3.05, 3.63) is 58.1 Å². The number of carbonyl (C=O) groups excluding carboxylic acids is 1. The second-order valence-electron chi connectivity index (χ2n) is 4.29. The van der Waals surface area contributed by atoms with E-state index in [0.29, 0.717) is 10.0 Å². The maximum atomic E-state index is 14.0. The van der Waals surface area contributed by atoms with Crippen molar-refractivity contribution >= 4 is 22.2 Å². The van der Waals surface area contributed by atoms with Crippen LogP contribution in [0.1, 0.15) is 18.4 Å². The van der Waals surface area contributed by atoms with Crippen LogP contribution in [0.25, 0.3) is 11.1 Å². The zero-order valence-electron chi connectivity index (χ0n) is 10.2. The third-order valence-electron chi connectivity index (χ3n) is 2.94. The van der Waals surface area contributed by atoms with E-state index in [1.807, 2.05) is 0 Å². The fourth-order valence-corrected chi connectivity index (χ4v) is 2.15. The summed E-state index contributed by atoms with van der Waals surface area (Å²) in [5.74, 6) is -1.41. The van der Waals surface area contributed by atoms with E-state index < -0.39 is 11.6 Å². The van der Waals surface area contributed by atoms with Gasteiger partial charge in [0, 0.05) is 21.5 Å². The van der Waals surface area contributed by atoms with Gasteiger partial charge in [0.25, 0.3) is 0 Å². The van der Waals surface area contributed by atoms with Crippen LogP contribution in [0.3, 0.4) is 0 Å². The summed E-state index contributed by atoms with van der Waals surface area (Å²) in [6.07, 6.45) is 0.745. The van der Waals surface area contributed by atoms with E-state index in [4.69, 9.17) is 0 Å². The molecule has 0 aromatic heterocycles. The third-order valence-corrected chi connectivity index (χ3v) is 3.44. The summed E-state index contributed by atoms with van der Waals surface area (Å²) in [6, 6.07) is 8.86. The van der Waals surface area contributed by atoms with E-state index >= 15 is 0 Å². The molecule has 2 rings (SSSR count). The fraction of sp³-hybridized carbons (Fsp3) is 0.133. The number of carbonyl (C=O) groups is 1. The molecule has 1 nitrogen and oxygen atoms in total. The van der Waals surface area contributed by atoms with Gasteiger partial charge in [-0.2, -0.15) is 0 Å². The minimum Gasteiger partial charge on any atom is -0.303 e. The molecule has 0 fully saturated rings. The summed E-state index contributed by atoms with van der Waals surface area (Å²) < 4.78 is 28.4. The summed E-state index contributed by atoms with van der Waals surface area (Å²) >= 11 is 3.15. The molecule has 0 amide bonds. The molecule has 98 valence electrons. The highest BCUT2D eigenvalue weighted by Crippen LogP contribution is 2.29. The summed E-state index contributed by atoms with van der Waals surface area (Å²) in [7, 11) is 0. The summed E-state index contributed by atoms with van der Waals surface area (Å²) in [4.78, 5) is 10.7. The monoisotopic (exact) mass is 324 g/mol. The second-order valence-corrected chi connectivity index (χ2v) is 5.20. The highest BCUT2D eigenvalue weighted by atomic mass is 79.9. The quantitative estimate of drug-likeness (QED) is 0.748. The average Bonchev–Trinajstić information content (AvgIpc) is 2.38. The van der Waals surface area contributed by atoms with Crippen LogP contribution in [0, 0.1) is 11.6 Å². The van der Waals surface area contributed by atoms with Crippen molar-refractivity contribution in [2.45, 2.75) is 12.8 Å². The lowest BCUT2D eigenvalue weighted by Crippen LogP contribution is -1.97. The zero-order chi connectivity index (χ0) is 14.0. The van der Waals surface area contributed by atoms with Crippen molar-refractivity contribution < 1.29 is 13.6 Å². The molecule has 19 heavy (non-hydrogen) atoms. The van der Waals surface area contributed by atoms with E-state index in [9.17, 15) is 13.6 Å². The normalized spacial score (nSPS) is 12.2. The molecule has 0 heterocycles. The highest BCUT2D eigenvalue weighted by Gasteiger charge is 2.13. The van der Waals surface area contributed by atoms with Crippen LogP contribution < -0.4 is 0 Å². The molecule has 0 bridgehead atoms. The Labute approximate surface area is 118 Å². The molecule has 0 aliphatic rings. The Kier molecular flexibility index (Phi) is 4.10. The Morgan fingerprint density at radius 3 is 2.16 bits per heavy atom. The molecule has 1 atom stereocenters. The van der Waals surface area contributed by atoms with Crippen LogP contribution in [-0.2, 0) is 4.79 Å². The van der Waals surface area contributed by atoms with E-state index in [0.717, 1.165) is 6.29 Å².